The van der Waals surface area contributed by atoms with Crippen molar-refractivity contribution in [1.82, 2.24) is 0 Å². The van der Waals surface area contributed by atoms with Crippen molar-refractivity contribution in [3.63, 3.8) is 0 Å². The van der Waals surface area contributed by atoms with E-state index in [1.54, 1.807) is 0 Å². The lowest BCUT2D eigenvalue weighted by atomic mass is 10.1. The monoisotopic (exact) mass is 437 g/mol. The quantitative estimate of drug-likeness (QED) is 0.329. The van der Waals surface area contributed by atoms with Crippen LogP contribution in [0.3, 0.4) is 0 Å². The number of aliphatic carboxylic acids is 1. The second kappa shape index (κ2) is 11.3. The molecule has 0 amide bonds. The molecule has 0 radical (unpaired) electrons. The van der Waals surface area contributed by atoms with Crippen LogP contribution in [0, 0.1) is 6.92 Å². The van der Waals surface area contributed by atoms with Crippen LogP contribution in [-0.4, -0.2) is 24.9 Å². The summed E-state index contributed by atoms with van der Waals surface area (Å²) in [6.07, 6.45) is 2.80. The highest BCUT2D eigenvalue weighted by molar-refractivity contribution is 6.50. The van der Waals surface area contributed by atoms with Gasteiger partial charge in [-0.05, 0) is 31.9 Å². The molecule has 3 rings (SSSR count). The zero-order chi connectivity index (χ0) is 22.9. The number of benzene rings is 2. The number of nitrogens with one attached hydrogen (secondary N) is 1. The lowest BCUT2D eigenvalue weighted by Gasteiger charge is -2.04. The van der Waals surface area contributed by atoms with Gasteiger partial charge < -0.3 is 26.8 Å². The van der Waals surface area contributed by atoms with E-state index in [0.717, 1.165) is 53.5 Å². The highest BCUT2D eigenvalue weighted by Crippen LogP contribution is 2.22. The summed E-state index contributed by atoms with van der Waals surface area (Å²) in [5.74, 6) is 0.104. The van der Waals surface area contributed by atoms with Gasteiger partial charge in [-0.1, -0.05) is 42.0 Å². The van der Waals surface area contributed by atoms with E-state index in [1.165, 1.54) is 5.56 Å². The molecule has 0 atom stereocenters. The summed E-state index contributed by atoms with van der Waals surface area (Å²) in [6.45, 7) is 2.88. The van der Waals surface area contributed by atoms with E-state index in [9.17, 15) is 22.1 Å². The van der Waals surface area contributed by atoms with Crippen molar-refractivity contribution in [3.05, 3.63) is 65.5 Å². The Bertz CT molecular complexity index is 1060. The number of hydrogen-bond acceptors (Lipinski definition) is 2. The van der Waals surface area contributed by atoms with Crippen molar-refractivity contribution in [1.29, 1.82) is 0 Å². The SMILES string of the molecule is Cc1ccc2oc(-c3ccccc3)cc(=[NH+]CCCCCC(=O)O)c2c1.F[B-](F)(F)F. The molecule has 1 heterocycles. The predicted molar refractivity (Wildman–Crippen MR) is 112 cm³/mol. The summed E-state index contributed by atoms with van der Waals surface area (Å²) < 4.78 is 45.1. The van der Waals surface area contributed by atoms with Crippen LogP contribution in [0.5, 0.6) is 0 Å². The first-order valence-corrected chi connectivity index (χ1v) is 9.89. The first kappa shape index (κ1) is 24.2. The number of carbonyl (C=O) groups is 1. The topological polar surface area (TPSA) is 64.4 Å². The van der Waals surface area contributed by atoms with Crippen molar-refractivity contribution in [3.8, 4) is 11.3 Å². The zero-order valence-corrected chi connectivity index (χ0v) is 17.1. The average molecular weight is 437 g/mol. The maximum absolute atomic E-state index is 10.6. The van der Waals surface area contributed by atoms with Gasteiger partial charge in [0.05, 0.1) is 11.5 Å². The van der Waals surface area contributed by atoms with E-state index in [0.29, 0.717) is 0 Å². The Morgan fingerprint density at radius 3 is 2.32 bits per heavy atom. The van der Waals surface area contributed by atoms with Gasteiger partial charge in [0.15, 0.2) is 0 Å². The average Bonchev–Trinajstić information content (AvgIpc) is 2.69. The molecule has 0 aliphatic rings. The molecule has 3 aromatic rings. The summed E-state index contributed by atoms with van der Waals surface area (Å²) in [6, 6.07) is 18.3. The van der Waals surface area contributed by atoms with Gasteiger partial charge >= 0.3 is 13.2 Å². The van der Waals surface area contributed by atoms with E-state index >= 15 is 0 Å². The maximum atomic E-state index is 10.6. The summed E-state index contributed by atoms with van der Waals surface area (Å²) >= 11 is 0. The lowest BCUT2D eigenvalue weighted by Crippen LogP contribution is -2.76. The fourth-order valence-corrected chi connectivity index (χ4v) is 2.99. The number of unbranched alkanes of at least 4 members (excludes halogenated alkanes) is 2. The Morgan fingerprint density at radius 1 is 1.00 bits per heavy atom. The van der Waals surface area contributed by atoms with E-state index in [1.807, 2.05) is 42.5 Å². The maximum Gasteiger partial charge on any atom is 0.673 e. The molecule has 2 aromatic carbocycles. The number of aryl methyl sites for hydroxylation is 1. The molecular weight excluding hydrogens is 413 g/mol. The number of fused-ring (bicyclic) bond motifs is 1. The molecule has 0 saturated carbocycles. The number of halogens is 4. The van der Waals surface area contributed by atoms with Gasteiger partial charge in [0.25, 0.3) is 0 Å². The van der Waals surface area contributed by atoms with Crippen LogP contribution < -0.4 is 10.3 Å². The molecule has 4 nitrogen and oxygen atoms in total. The predicted octanol–water partition coefficient (Wildman–Crippen LogP) is 4.33. The molecule has 9 heteroatoms. The summed E-state index contributed by atoms with van der Waals surface area (Å²) in [5, 5.41) is 10.8. The Balaban J connectivity index is 0.000000614. The standard InChI is InChI=1S/C22H23NO3.BF4/c1-16-11-12-20-18(14-16)19(23-13-7-3-6-10-22(24)25)15-21(26-20)17-8-4-2-5-9-17;2-1(3,4)5/h2,4-5,8-9,11-12,14-15H,3,6-7,10,13H2,1H3,(H,24,25);/q;-1/p+1. The van der Waals surface area contributed by atoms with E-state index in [-0.39, 0.29) is 6.42 Å². The van der Waals surface area contributed by atoms with Crippen molar-refractivity contribution in [2.75, 3.05) is 6.54 Å². The van der Waals surface area contributed by atoms with Gasteiger partial charge in [-0.2, -0.15) is 0 Å². The molecule has 0 saturated heterocycles. The van der Waals surface area contributed by atoms with Crippen LogP contribution in [0.1, 0.15) is 31.2 Å². The van der Waals surface area contributed by atoms with E-state index in [4.69, 9.17) is 9.52 Å². The van der Waals surface area contributed by atoms with Crippen LogP contribution in [-0.2, 0) is 4.79 Å². The van der Waals surface area contributed by atoms with Crippen LogP contribution in [0.4, 0.5) is 17.3 Å². The number of carboxylic acid groups (broad SMARTS) is 1. The minimum atomic E-state index is -6.00. The Kier molecular flexibility index (Phi) is 8.84. The van der Waals surface area contributed by atoms with Crippen molar-refractivity contribution in [2.45, 2.75) is 32.6 Å². The van der Waals surface area contributed by atoms with Crippen molar-refractivity contribution < 1.29 is 36.6 Å². The molecule has 2 N–H and O–H groups in total. The van der Waals surface area contributed by atoms with E-state index < -0.39 is 13.2 Å². The van der Waals surface area contributed by atoms with E-state index in [2.05, 4.69) is 24.0 Å². The number of rotatable bonds is 7. The summed E-state index contributed by atoms with van der Waals surface area (Å²) in [7, 11) is -6.00. The molecule has 166 valence electrons. The van der Waals surface area contributed by atoms with Crippen LogP contribution in [0.2, 0.25) is 0 Å². The molecule has 31 heavy (non-hydrogen) atoms. The molecule has 1 aromatic heterocycles. The van der Waals surface area contributed by atoms with Gasteiger partial charge in [-0.3, -0.25) is 4.79 Å². The highest BCUT2D eigenvalue weighted by Gasteiger charge is 2.20. The fourth-order valence-electron chi connectivity index (χ4n) is 2.99. The minimum Gasteiger partial charge on any atom is -0.481 e. The third-order valence-electron chi connectivity index (χ3n) is 4.36. The largest absolute Gasteiger partial charge is 0.673 e. The first-order valence-electron chi connectivity index (χ1n) is 9.89. The zero-order valence-electron chi connectivity index (χ0n) is 17.1. The molecule has 0 spiro atoms. The second-order valence-electron chi connectivity index (χ2n) is 7.02. The van der Waals surface area contributed by atoms with Gasteiger partial charge in [0.2, 0.25) is 5.36 Å². The second-order valence-corrected chi connectivity index (χ2v) is 7.02. The van der Waals surface area contributed by atoms with Gasteiger partial charge in [-0.15, -0.1) is 0 Å². The lowest BCUT2D eigenvalue weighted by molar-refractivity contribution is -0.499. The van der Waals surface area contributed by atoms with Crippen molar-refractivity contribution in [2.24, 2.45) is 0 Å². The molecule has 0 fully saturated rings. The molecule has 0 aliphatic heterocycles. The Hall–Kier alpha value is -3.10. The molecule has 0 bridgehead atoms. The number of carboxylic acids is 1. The molecule has 0 unspecified atom stereocenters. The van der Waals surface area contributed by atoms with Gasteiger partial charge in [-0.25, -0.2) is 4.99 Å². The third-order valence-corrected chi connectivity index (χ3v) is 4.36. The van der Waals surface area contributed by atoms with Crippen LogP contribution >= 0.6 is 0 Å². The highest BCUT2D eigenvalue weighted by atomic mass is 19.5. The van der Waals surface area contributed by atoms with Gasteiger partial charge in [0.1, 0.15) is 17.9 Å². The smallest absolute Gasteiger partial charge is 0.481 e. The Labute approximate surface area is 177 Å². The first-order chi connectivity index (χ1) is 14.6. The third kappa shape index (κ3) is 9.07. The van der Waals surface area contributed by atoms with Crippen LogP contribution in [0.25, 0.3) is 22.3 Å². The van der Waals surface area contributed by atoms with Crippen molar-refractivity contribution >= 4 is 24.2 Å². The molecule has 0 aliphatic carbocycles. The molecular formula is C22H24BF4NO3. The fraction of sp³-hybridized carbons (Fsp3) is 0.273. The minimum absolute atomic E-state index is 0.241. The Morgan fingerprint density at radius 2 is 1.68 bits per heavy atom. The number of hydrogen-bond donors (Lipinski definition) is 2. The summed E-state index contributed by atoms with van der Waals surface area (Å²) in [4.78, 5) is 14.1. The summed E-state index contributed by atoms with van der Waals surface area (Å²) in [5.41, 5.74) is 3.08. The van der Waals surface area contributed by atoms with Crippen LogP contribution in [0.15, 0.2) is 59.0 Å². The van der Waals surface area contributed by atoms with Gasteiger partial charge in [0, 0.05) is 18.4 Å². The normalized spacial score (nSPS) is 11.8.